The van der Waals surface area contributed by atoms with E-state index in [1.165, 1.54) is 11.1 Å². The first-order valence-electron chi connectivity index (χ1n) is 7.92. The lowest BCUT2D eigenvalue weighted by Crippen LogP contribution is -2.44. The fourth-order valence-corrected chi connectivity index (χ4v) is 2.70. The molecule has 2 aromatic carbocycles. The van der Waals surface area contributed by atoms with Crippen LogP contribution in [0.2, 0.25) is 0 Å². The summed E-state index contributed by atoms with van der Waals surface area (Å²) >= 11 is 0. The molecule has 22 heavy (non-hydrogen) atoms. The van der Waals surface area contributed by atoms with E-state index in [9.17, 15) is 0 Å². The Morgan fingerprint density at radius 2 is 1.18 bits per heavy atom. The Balaban J connectivity index is 1.43. The van der Waals surface area contributed by atoms with E-state index in [1.54, 1.807) is 0 Å². The van der Waals surface area contributed by atoms with Gasteiger partial charge in [-0.05, 0) is 11.1 Å². The van der Waals surface area contributed by atoms with Crippen molar-refractivity contribution in [3.63, 3.8) is 0 Å². The van der Waals surface area contributed by atoms with Gasteiger partial charge in [-0.15, -0.1) is 0 Å². The average molecular weight is 297 g/mol. The molecule has 116 valence electrons. The van der Waals surface area contributed by atoms with Gasteiger partial charge in [0.1, 0.15) is 0 Å². The third kappa shape index (κ3) is 4.67. The van der Waals surface area contributed by atoms with Crippen LogP contribution in [0.4, 0.5) is 0 Å². The predicted octanol–water partition coefficient (Wildman–Crippen LogP) is 3.15. The highest BCUT2D eigenvalue weighted by Crippen LogP contribution is 2.14. The van der Waals surface area contributed by atoms with Crippen LogP contribution < -0.4 is 5.32 Å². The summed E-state index contributed by atoms with van der Waals surface area (Å²) in [7, 11) is 0. The van der Waals surface area contributed by atoms with Crippen molar-refractivity contribution in [3.05, 3.63) is 71.8 Å². The first-order chi connectivity index (χ1) is 10.9. The standard InChI is InChI=1S/C19H23NO2/c1-3-7-16(8-4-1)14-21-18-11-19(13-20-12-18)22-15-17-9-5-2-6-10-17/h1-10,18-20H,11-15H2. The minimum atomic E-state index is 0.217. The fourth-order valence-electron chi connectivity index (χ4n) is 2.70. The van der Waals surface area contributed by atoms with Crippen molar-refractivity contribution >= 4 is 0 Å². The molecule has 1 fully saturated rings. The zero-order valence-corrected chi connectivity index (χ0v) is 12.8. The highest BCUT2D eigenvalue weighted by atomic mass is 16.5. The number of ether oxygens (including phenoxy) is 2. The fraction of sp³-hybridized carbons (Fsp3) is 0.368. The molecule has 0 aliphatic carbocycles. The molecule has 1 saturated heterocycles. The maximum atomic E-state index is 6.01. The summed E-state index contributed by atoms with van der Waals surface area (Å²) in [6.07, 6.45) is 1.39. The molecular formula is C19H23NO2. The van der Waals surface area contributed by atoms with Crippen molar-refractivity contribution in [2.75, 3.05) is 13.1 Å². The van der Waals surface area contributed by atoms with Crippen LogP contribution in [0.25, 0.3) is 0 Å². The van der Waals surface area contributed by atoms with E-state index in [4.69, 9.17) is 9.47 Å². The summed E-state index contributed by atoms with van der Waals surface area (Å²) in [5.74, 6) is 0. The van der Waals surface area contributed by atoms with Gasteiger partial charge in [-0.1, -0.05) is 60.7 Å². The molecular weight excluding hydrogens is 274 g/mol. The van der Waals surface area contributed by atoms with Gasteiger partial charge in [-0.2, -0.15) is 0 Å². The van der Waals surface area contributed by atoms with Gasteiger partial charge in [0, 0.05) is 19.5 Å². The van der Waals surface area contributed by atoms with Gasteiger partial charge < -0.3 is 14.8 Å². The second-order valence-corrected chi connectivity index (χ2v) is 5.73. The van der Waals surface area contributed by atoms with Gasteiger partial charge >= 0.3 is 0 Å². The van der Waals surface area contributed by atoms with Gasteiger partial charge in [-0.25, -0.2) is 0 Å². The topological polar surface area (TPSA) is 30.5 Å². The van der Waals surface area contributed by atoms with Crippen molar-refractivity contribution in [1.29, 1.82) is 0 Å². The summed E-state index contributed by atoms with van der Waals surface area (Å²) in [4.78, 5) is 0. The van der Waals surface area contributed by atoms with E-state index in [-0.39, 0.29) is 12.2 Å². The van der Waals surface area contributed by atoms with E-state index in [0.29, 0.717) is 13.2 Å². The van der Waals surface area contributed by atoms with Gasteiger partial charge in [0.05, 0.1) is 25.4 Å². The summed E-state index contributed by atoms with van der Waals surface area (Å²) in [6, 6.07) is 20.6. The quantitative estimate of drug-likeness (QED) is 0.888. The summed E-state index contributed by atoms with van der Waals surface area (Å²) in [5, 5.41) is 3.41. The van der Waals surface area contributed by atoms with Crippen LogP contribution in [-0.4, -0.2) is 25.3 Å². The third-order valence-corrected chi connectivity index (χ3v) is 3.93. The maximum Gasteiger partial charge on any atom is 0.0729 e. The van der Waals surface area contributed by atoms with Crippen LogP contribution in [0.1, 0.15) is 17.5 Å². The molecule has 3 rings (SSSR count). The lowest BCUT2D eigenvalue weighted by atomic mass is 10.1. The first-order valence-corrected chi connectivity index (χ1v) is 7.92. The van der Waals surface area contributed by atoms with Crippen LogP contribution in [0.15, 0.2) is 60.7 Å². The van der Waals surface area contributed by atoms with Crippen LogP contribution in [0.3, 0.4) is 0 Å². The average Bonchev–Trinajstić information content (AvgIpc) is 2.60. The first kappa shape index (κ1) is 15.2. The number of benzene rings is 2. The lowest BCUT2D eigenvalue weighted by molar-refractivity contribution is -0.0463. The molecule has 2 atom stereocenters. The molecule has 0 radical (unpaired) electrons. The molecule has 1 aliphatic heterocycles. The van der Waals surface area contributed by atoms with Crippen molar-refractivity contribution in [2.24, 2.45) is 0 Å². The van der Waals surface area contributed by atoms with E-state index in [2.05, 4.69) is 29.6 Å². The van der Waals surface area contributed by atoms with E-state index in [1.807, 2.05) is 36.4 Å². The molecule has 3 nitrogen and oxygen atoms in total. The minimum Gasteiger partial charge on any atom is -0.372 e. The number of hydrogen-bond donors (Lipinski definition) is 1. The van der Waals surface area contributed by atoms with Gasteiger partial charge in [0.25, 0.3) is 0 Å². The Labute approximate surface area is 132 Å². The molecule has 2 unspecified atom stereocenters. The Hall–Kier alpha value is -1.68. The smallest absolute Gasteiger partial charge is 0.0729 e. The summed E-state index contributed by atoms with van der Waals surface area (Å²) < 4.78 is 12.0. The van der Waals surface area contributed by atoms with E-state index >= 15 is 0 Å². The number of rotatable bonds is 6. The van der Waals surface area contributed by atoms with Crippen molar-refractivity contribution in [1.82, 2.24) is 5.32 Å². The van der Waals surface area contributed by atoms with Gasteiger partial charge in [-0.3, -0.25) is 0 Å². The number of hydrogen-bond acceptors (Lipinski definition) is 3. The summed E-state index contributed by atoms with van der Waals surface area (Å²) in [6.45, 7) is 3.13. The van der Waals surface area contributed by atoms with Crippen LogP contribution in [-0.2, 0) is 22.7 Å². The maximum absolute atomic E-state index is 6.01. The van der Waals surface area contributed by atoms with Gasteiger partial charge in [0.15, 0.2) is 0 Å². The molecule has 0 bridgehead atoms. The summed E-state index contributed by atoms with van der Waals surface area (Å²) in [5.41, 5.74) is 2.43. The van der Waals surface area contributed by atoms with Crippen molar-refractivity contribution in [2.45, 2.75) is 31.8 Å². The normalized spacial score (nSPS) is 21.6. The number of nitrogens with one attached hydrogen (secondary N) is 1. The molecule has 3 heteroatoms. The van der Waals surface area contributed by atoms with Crippen molar-refractivity contribution < 1.29 is 9.47 Å². The molecule has 1 aliphatic rings. The lowest BCUT2D eigenvalue weighted by Gasteiger charge is -2.30. The third-order valence-electron chi connectivity index (χ3n) is 3.93. The van der Waals surface area contributed by atoms with Crippen molar-refractivity contribution in [3.8, 4) is 0 Å². The Morgan fingerprint density at radius 3 is 1.64 bits per heavy atom. The number of piperidine rings is 1. The van der Waals surface area contributed by atoms with Gasteiger partial charge in [0.2, 0.25) is 0 Å². The highest BCUT2D eigenvalue weighted by molar-refractivity contribution is 5.14. The molecule has 0 amide bonds. The molecule has 0 saturated carbocycles. The largest absolute Gasteiger partial charge is 0.372 e. The second kappa shape index (κ2) is 8.08. The zero-order chi connectivity index (χ0) is 15.0. The Morgan fingerprint density at radius 1 is 0.727 bits per heavy atom. The molecule has 1 heterocycles. The second-order valence-electron chi connectivity index (χ2n) is 5.73. The van der Waals surface area contributed by atoms with E-state index < -0.39 is 0 Å². The zero-order valence-electron chi connectivity index (χ0n) is 12.8. The highest BCUT2D eigenvalue weighted by Gasteiger charge is 2.22. The minimum absolute atomic E-state index is 0.217. The van der Waals surface area contributed by atoms with Crippen LogP contribution in [0.5, 0.6) is 0 Å². The molecule has 1 N–H and O–H groups in total. The SMILES string of the molecule is c1ccc(COC2CNCC(OCc3ccccc3)C2)cc1. The monoisotopic (exact) mass is 297 g/mol. The molecule has 0 spiro atoms. The Kier molecular flexibility index (Phi) is 5.59. The van der Waals surface area contributed by atoms with E-state index in [0.717, 1.165) is 19.5 Å². The molecule has 0 aromatic heterocycles. The van der Waals surface area contributed by atoms with Crippen LogP contribution >= 0.6 is 0 Å². The van der Waals surface area contributed by atoms with Crippen LogP contribution in [0, 0.1) is 0 Å². The Bertz CT molecular complexity index is 494. The predicted molar refractivity (Wildman–Crippen MR) is 87.5 cm³/mol. The molecule has 2 aromatic rings.